The molecule has 0 saturated carbocycles. The van der Waals surface area contributed by atoms with Crippen LogP contribution in [0.25, 0.3) is 0 Å². The van der Waals surface area contributed by atoms with Gasteiger partial charge in [0.05, 0.1) is 18.4 Å². The average Bonchev–Trinajstić information content (AvgIpc) is 2.99. The Bertz CT molecular complexity index is 558. The van der Waals surface area contributed by atoms with E-state index in [0.29, 0.717) is 11.5 Å². The highest BCUT2D eigenvalue weighted by atomic mass is 32.1. The van der Waals surface area contributed by atoms with Crippen LogP contribution < -0.4 is 10.6 Å². The van der Waals surface area contributed by atoms with Crippen molar-refractivity contribution >= 4 is 23.1 Å². The molecule has 106 valence electrons. The Kier molecular flexibility index (Phi) is 5.00. The fourth-order valence-corrected chi connectivity index (χ4v) is 2.24. The number of aromatic nitrogens is 3. The molecule has 20 heavy (non-hydrogen) atoms. The molecule has 1 atom stereocenters. The Morgan fingerprint density at radius 3 is 3.00 bits per heavy atom. The lowest BCUT2D eigenvalue weighted by atomic mass is 10.3. The number of nitrogens with zero attached hydrogens (tertiary/aromatic N) is 3. The zero-order chi connectivity index (χ0) is 14.4. The van der Waals surface area contributed by atoms with Crippen LogP contribution in [0.5, 0.6) is 0 Å². The van der Waals surface area contributed by atoms with Crippen molar-refractivity contribution in [3.63, 3.8) is 0 Å². The molecule has 6 nitrogen and oxygen atoms in total. The first-order valence-electron chi connectivity index (χ1n) is 6.47. The third-order valence-corrected chi connectivity index (χ3v) is 3.55. The lowest BCUT2D eigenvalue weighted by Crippen LogP contribution is -2.27. The SMILES string of the molecule is CCCNc1cncc(C(=O)NC(C)c2nccs2)n1. The third kappa shape index (κ3) is 3.74. The molecular formula is C13H17N5OS. The maximum absolute atomic E-state index is 12.1. The van der Waals surface area contributed by atoms with Crippen molar-refractivity contribution in [2.75, 3.05) is 11.9 Å². The standard InChI is InChI=1S/C13H17N5OS/c1-3-4-15-11-8-14-7-10(18-11)12(19)17-9(2)13-16-5-6-20-13/h5-9H,3-4H2,1-2H3,(H,15,18)(H,17,19). The molecule has 0 bridgehead atoms. The minimum absolute atomic E-state index is 0.142. The van der Waals surface area contributed by atoms with Crippen molar-refractivity contribution in [2.24, 2.45) is 0 Å². The van der Waals surface area contributed by atoms with Crippen molar-refractivity contribution in [1.29, 1.82) is 0 Å². The van der Waals surface area contributed by atoms with Crippen LogP contribution in [0, 0.1) is 0 Å². The minimum atomic E-state index is -0.250. The predicted molar refractivity (Wildman–Crippen MR) is 78.8 cm³/mol. The molecule has 0 saturated heterocycles. The number of carbonyl (C=O) groups excluding carboxylic acids is 1. The van der Waals surface area contributed by atoms with Gasteiger partial charge in [0.25, 0.3) is 5.91 Å². The summed E-state index contributed by atoms with van der Waals surface area (Å²) in [5.74, 6) is 0.363. The maximum atomic E-state index is 12.1. The average molecular weight is 291 g/mol. The highest BCUT2D eigenvalue weighted by Crippen LogP contribution is 2.15. The van der Waals surface area contributed by atoms with E-state index in [-0.39, 0.29) is 11.9 Å². The van der Waals surface area contributed by atoms with Crippen LogP contribution >= 0.6 is 11.3 Å². The molecule has 0 fully saturated rings. The molecule has 0 spiro atoms. The molecule has 2 aromatic rings. The first-order valence-corrected chi connectivity index (χ1v) is 7.35. The Labute approximate surface area is 121 Å². The maximum Gasteiger partial charge on any atom is 0.272 e. The molecule has 0 radical (unpaired) electrons. The number of rotatable bonds is 6. The van der Waals surface area contributed by atoms with E-state index < -0.39 is 0 Å². The van der Waals surface area contributed by atoms with E-state index in [1.165, 1.54) is 17.5 Å². The van der Waals surface area contributed by atoms with Crippen molar-refractivity contribution in [1.82, 2.24) is 20.3 Å². The molecule has 2 heterocycles. The number of nitrogens with one attached hydrogen (secondary N) is 2. The van der Waals surface area contributed by atoms with Gasteiger partial charge in [-0.15, -0.1) is 11.3 Å². The summed E-state index contributed by atoms with van der Waals surface area (Å²) in [5, 5.41) is 8.72. The second-order valence-electron chi connectivity index (χ2n) is 4.28. The summed E-state index contributed by atoms with van der Waals surface area (Å²) in [5.41, 5.74) is 0.300. The van der Waals surface area contributed by atoms with Gasteiger partial charge in [-0.3, -0.25) is 9.78 Å². The second kappa shape index (κ2) is 6.95. The second-order valence-corrected chi connectivity index (χ2v) is 5.21. The topological polar surface area (TPSA) is 79.8 Å². The molecule has 2 rings (SSSR count). The third-order valence-electron chi connectivity index (χ3n) is 2.59. The van der Waals surface area contributed by atoms with E-state index in [0.717, 1.165) is 18.0 Å². The van der Waals surface area contributed by atoms with E-state index in [2.05, 4.69) is 32.5 Å². The van der Waals surface area contributed by atoms with Gasteiger partial charge in [0.1, 0.15) is 16.5 Å². The van der Waals surface area contributed by atoms with Gasteiger partial charge in [-0.1, -0.05) is 6.92 Å². The van der Waals surface area contributed by atoms with Crippen LogP contribution in [-0.4, -0.2) is 27.4 Å². The van der Waals surface area contributed by atoms with E-state index in [1.54, 1.807) is 12.4 Å². The number of hydrogen-bond donors (Lipinski definition) is 2. The van der Waals surface area contributed by atoms with Crippen LogP contribution in [0.15, 0.2) is 24.0 Å². The number of hydrogen-bond acceptors (Lipinski definition) is 6. The highest BCUT2D eigenvalue weighted by molar-refractivity contribution is 7.09. The quantitative estimate of drug-likeness (QED) is 0.853. The summed E-state index contributed by atoms with van der Waals surface area (Å²) in [6.45, 7) is 4.76. The van der Waals surface area contributed by atoms with E-state index in [4.69, 9.17) is 0 Å². The smallest absolute Gasteiger partial charge is 0.272 e. The Balaban J connectivity index is 2.01. The minimum Gasteiger partial charge on any atom is -0.369 e. The summed E-state index contributed by atoms with van der Waals surface area (Å²) in [6, 6.07) is -0.142. The van der Waals surface area contributed by atoms with Crippen LogP contribution in [-0.2, 0) is 0 Å². The summed E-state index contributed by atoms with van der Waals surface area (Å²) in [6.07, 6.45) is 5.77. The Hall–Kier alpha value is -2.02. The number of carbonyl (C=O) groups is 1. The molecule has 7 heteroatoms. The molecule has 2 aromatic heterocycles. The molecule has 0 aromatic carbocycles. The van der Waals surface area contributed by atoms with Gasteiger partial charge < -0.3 is 10.6 Å². The zero-order valence-corrected chi connectivity index (χ0v) is 12.3. The lowest BCUT2D eigenvalue weighted by Gasteiger charge is -2.11. The van der Waals surface area contributed by atoms with E-state index in [9.17, 15) is 4.79 Å². The highest BCUT2D eigenvalue weighted by Gasteiger charge is 2.14. The van der Waals surface area contributed by atoms with Gasteiger partial charge in [-0.2, -0.15) is 0 Å². The fourth-order valence-electron chi connectivity index (χ4n) is 1.59. The van der Waals surface area contributed by atoms with Gasteiger partial charge in [0.15, 0.2) is 0 Å². The summed E-state index contributed by atoms with van der Waals surface area (Å²) < 4.78 is 0. The predicted octanol–water partition coefficient (Wildman–Crippen LogP) is 2.25. The summed E-state index contributed by atoms with van der Waals surface area (Å²) >= 11 is 1.51. The van der Waals surface area contributed by atoms with Gasteiger partial charge in [-0.25, -0.2) is 9.97 Å². The van der Waals surface area contributed by atoms with Gasteiger partial charge in [0, 0.05) is 18.1 Å². The van der Waals surface area contributed by atoms with Crippen LogP contribution in [0.2, 0.25) is 0 Å². The molecule has 2 N–H and O–H groups in total. The summed E-state index contributed by atoms with van der Waals surface area (Å²) in [4.78, 5) is 24.6. The molecule has 0 aliphatic heterocycles. The van der Waals surface area contributed by atoms with Crippen LogP contribution in [0.3, 0.4) is 0 Å². The van der Waals surface area contributed by atoms with Crippen molar-refractivity contribution in [3.05, 3.63) is 34.7 Å². The zero-order valence-electron chi connectivity index (χ0n) is 11.5. The fraction of sp³-hybridized carbons (Fsp3) is 0.385. The first kappa shape index (κ1) is 14.4. The van der Waals surface area contributed by atoms with Crippen LogP contribution in [0.4, 0.5) is 5.82 Å². The van der Waals surface area contributed by atoms with Gasteiger partial charge in [0.2, 0.25) is 0 Å². The number of thiazole rings is 1. The molecule has 1 amide bonds. The normalized spacial score (nSPS) is 11.9. The monoisotopic (exact) mass is 291 g/mol. The largest absolute Gasteiger partial charge is 0.369 e. The molecule has 0 aliphatic rings. The van der Waals surface area contributed by atoms with E-state index >= 15 is 0 Å². The Morgan fingerprint density at radius 2 is 2.30 bits per heavy atom. The van der Waals surface area contributed by atoms with Gasteiger partial charge in [-0.05, 0) is 13.3 Å². The van der Waals surface area contributed by atoms with Crippen molar-refractivity contribution < 1.29 is 4.79 Å². The number of anilines is 1. The number of amides is 1. The first-order chi connectivity index (χ1) is 9.70. The van der Waals surface area contributed by atoms with Crippen molar-refractivity contribution in [3.8, 4) is 0 Å². The molecule has 1 unspecified atom stereocenters. The van der Waals surface area contributed by atoms with Gasteiger partial charge >= 0.3 is 0 Å². The summed E-state index contributed by atoms with van der Waals surface area (Å²) in [7, 11) is 0. The lowest BCUT2D eigenvalue weighted by molar-refractivity contribution is 0.0934. The molecule has 0 aliphatic carbocycles. The van der Waals surface area contributed by atoms with E-state index in [1.807, 2.05) is 12.3 Å². The van der Waals surface area contributed by atoms with Crippen molar-refractivity contribution in [2.45, 2.75) is 26.3 Å². The van der Waals surface area contributed by atoms with Crippen LogP contribution in [0.1, 0.15) is 41.8 Å². The Morgan fingerprint density at radius 1 is 1.45 bits per heavy atom. The molecular weight excluding hydrogens is 274 g/mol.